The number of nitrogens with two attached hydrogens (primary N) is 1. The van der Waals surface area contributed by atoms with Gasteiger partial charge < -0.3 is 16.3 Å². The molecule has 0 fully saturated rings. The molecule has 0 spiro atoms. The first-order chi connectivity index (χ1) is 10.0. The number of nitrogens with one attached hydrogen (secondary N) is 1. The normalized spacial score (nSPS) is 11.5. The summed E-state index contributed by atoms with van der Waals surface area (Å²) < 4.78 is 27.7. The van der Waals surface area contributed by atoms with Gasteiger partial charge in [0.1, 0.15) is 11.6 Å². The van der Waals surface area contributed by atoms with Crippen LogP contribution in [0.25, 0.3) is 0 Å². The van der Waals surface area contributed by atoms with E-state index < -0.39 is 5.82 Å². The molecule has 0 heterocycles. The van der Waals surface area contributed by atoms with Gasteiger partial charge in [-0.1, -0.05) is 17.3 Å². The molecule has 21 heavy (non-hydrogen) atoms. The van der Waals surface area contributed by atoms with Crippen molar-refractivity contribution in [2.24, 2.45) is 10.9 Å². The smallest absolute Gasteiger partial charge is 0.170 e. The quantitative estimate of drug-likeness (QED) is 0.340. The standard InChI is InChI=1S/C14H12BrF2N3O/c15-11-4-3-10(16)6-13(11)19-7-9-2-1-8(5-12(9)17)14(18)20-21/h1-6,19,21H,7H2,(H2,18,20). The van der Waals surface area contributed by atoms with E-state index in [1.807, 2.05) is 0 Å². The van der Waals surface area contributed by atoms with Gasteiger partial charge in [-0.2, -0.15) is 0 Å². The number of benzene rings is 2. The molecule has 4 nitrogen and oxygen atoms in total. The minimum atomic E-state index is -0.501. The largest absolute Gasteiger partial charge is 0.409 e. The van der Waals surface area contributed by atoms with Crippen LogP contribution in [0, 0.1) is 11.6 Å². The molecule has 0 unspecified atom stereocenters. The van der Waals surface area contributed by atoms with Gasteiger partial charge in [-0.15, -0.1) is 0 Å². The lowest BCUT2D eigenvalue weighted by molar-refractivity contribution is 0.318. The maximum absolute atomic E-state index is 13.9. The Morgan fingerprint density at radius 2 is 2.00 bits per heavy atom. The van der Waals surface area contributed by atoms with E-state index in [1.165, 1.54) is 30.3 Å². The molecule has 0 aromatic heterocycles. The second kappa shape index (κ2) is 6.53. The highest BCUT2D eigenvalue weighted by atomic mass is 79.9. The van der Waals surface area contributed by atoms with Crippen LogP contribution in [0.2, 0.25) is 0 Å². The Bertz CT molecular complexity index is 692. The molecule has 0 aliphatic carbocycles. The van der Waals surface area contributed by atoms with Crippen molar-refractivity contribution in [3.63, 3.8) is 0 Å². The predicted molar refractivity (Wildman–Crippen MR) is 80.3 cm³/mol. The number of hydrogen-bond donors (Lipinski definition) is 3. The monoisotopic (exact) mass is 355 g/mol. The van der Waals surface area contributed by atoms with Gasteiger partial charge in [-0.3, -0.25) is 0 Å². The van der Waals surface area contributed by atoms with E-state index in [9.17, 15) is 8.78 Å². The Hall–Kier alpha value is -2.15. The molecule has 0 saturated carbocycles. The topological polar surface area (TPSA) is 70.6 Å². The maximum atomic E-state index is 13.9. The first-order valence-electron chi connectivity index (χ1n) is 5.96. The van der Waals surface area contributed by atoms with Crippen LogP contribution in [0.5, 0.6) is 0 Å². The van der Waals surface area contributed by atoms with Gasteiger partial charge >= 0.3 is 0 Å². The Morgan fingerprint density at radius 3 is 2.67 bits per heavy atom. The Kier molecular flexibility index (Phi) is 4.74. The van der Waals surface area contributed by atoms with Crippen LogP contribution in [-0.4, -0.2) is 11.0 Å². The summed E-state index contributed by atoms with van der Waals surface area (Å²) in [5.41, 5.74) is 6.57. The summed E-state index contributed by atoms with van der Waals surface area (Å²) in [6.07, 6.45) is 0. The van der Waals surface area contributed by atoms with E-state index >= 15 is 0 Å². The van der Waals surface area contributed by atoms with Gasteiger partial charge in [0.25, 0.3) is 0 Å². The van der Waals surface area contributed by atoms with Crippen LogP contribution in [0.15, 0.2) is 46.0 Å². The molecule has 0 bridgehead atoms. The van der Waals surface area contributed by atoms with Crippen LogP contribution in [0.1, 0.15) is 11.1 Å². The van der Waals surface area contributed by atoms with Crippen molar-refractivity contribution in [1.82, 2.24) is 0 Å². The first kappa shape index (κ1) is 15.2. The molecule has 7 heteroatoms. The van der Waals surface area contributed by atoms with Crippen molar-refractivity contribution >= 4 is 27.5 Å². The average molecular weight is 356 g/mol. The molecule has 4 N–H and O–H groups in total. The number of anilines is 1. The number of amidine groups is 1. The molecule has 2 rings (SSSR count). The van der Waals surface area contributed by atoms with Gasteiger partial charge in [0, 0.05) is 22.1 Å². The van der Waals surface area contributed by atoms with E-state index in [2.05, 4.69) is 26.4 Å². The van der Waals surface area contributed by atoms with E-state index in [0.717, 1.165) is 0 Å². The van der Waals surface area contributed by atoms with Crippen LogP contribution < -0.4 is 11.1 Å². The third kappa shape index (κ3) is 3.69. The van der Waals surface area contributed by atoms with Crippen molar-refractivity contribution in [3.8, 4) is 0 Å². The highest BCUT2D eigenvalue weighted by molar-refractivity contribution is 9.10. The van der Waals surface area contributed by atoms with E-state index in [-0.39, 0.29) is 23.8 Å². The maximum Gasteiger partial charge on any atom is 0.170 e. The molecule has 2 aromatic rings. The van der Waals surface area contributed by atoms with E-state index in [0.29, 0.717) is 15.7 Å². The number of halogens is 3. The van der Waals surface area contributed by atoms with Gasteiger partial charge in [-0.25, -0.2) is 8.78 Å². The zero-order valence-corrected chi connectivity index (χ0v) is 12.4. The fraction of sp³-hybridized carbons (Fsp3) is 0.0714. The summed E-state index contributed by atoms with van der Waals surface area (Å²) in [5.74, 6) is -1.05. The molecule has 0 aliphatic heterocycles. The van der Waals surface area contributed by atoms with Gasteiger partial charge in [0.15, 0.2) is 5.84 Å². The van der Waals surface area contributed by atoms with Crippen LogP contribution >= 0.6 is 15.9 Å². The summed E-state index contributed by atoms with van der Waals surface area (Å²) in [6, 6.07) is 8.43. The zero-order valence-electron chi connectivity index (χ0n) is 10.8. The van der Waals surface area contributed by atoms with Gasteiger partial charge in [-0.05, 0) is 40.2 Å². The van der Waals surface area contributed by atoms with E-state index in [4.69, 9.17) is 10.9 Å². The second-order valence-corrected chi connectivity index (χ2v) is 5.12. The molecule has 0 radical (unpaired) electrons. The first-order valence-corrected chi connectivity index (χ1v) is 6.76. The molecule has 0 aliphatic rings. The molecule has 0 amide bonds. The van der Waals surface area contributed by atoms with Crippen molar-refractivity contribution in [2.75, 3.05) is 5.32 Å². The number of rotatable bonds is 4. The number of hydrogen-bond acceptors (Lipinski definition) is 3. The van der Waals surface area contributed by atoms with Crippen molar-refractivity contribution in [2.45, 2.75) is 6.54 Å². The van der Waals surface area contributed by atoms with Gasteiger partial charge in [0.05, 0.1) is 5.69 Å². The van der Waals surface area contributed by atoms with Crippen LogP contribution in [0.4, 0.5) is 14.5 Å². The van der Waals surface area contributed by atoms with Crippen LogP contribution in [0.3, 0.4) is 0 Å². The SMILES string of the molecule is N/C(=N/O)c1ccc(CNc2cc(F)ccc2Br)c(F)c1. The Balaban J connectivity index is 2.15. The minimum absolute atomic E-state index is 0.165. The summed E-state index contributed by atoms with van der Waals surface area (Å²) in [5, 5.41) is 14.3. The molecular weight excluding hydrogens is 344 g/mol. The highest BCUT2D eigenvalue weighted by Gasteiger charge is 2.08. The van der Waals surface area contributed by atoms with Gasteiger partial charge in [0.2, 0.25) is 0 Å². The minimum Gasteiger partial charge on any atom is -0.409 e. The molecule has 0 saturated heterocycles. The summed E-state index contributed by atoms with van der Waals surface area (Å²) in [6.45, 7) is 0.171. The number of oxime groups is 1. The summed E-state index contributed by atoms with van der Waals surface area (Å²) in [4.78, 5) is 0. The Morgan fingerprint density at radius 1 is 1.24 bits per heavy atom. The van der Waals surface area contributed by atoms with Crippen LogP contribution in [-0.2, 0) is 6.54 Å². The van der Waals surface area contributed by atoms with Crippen molar-refractivity contribution in [1.29, 1.82) is 0 Å². The highest BCUT2D eigenvalue weighted by Crippen LogP contribution is 2.24. The fourth-order valence-corrected chi connectivity index (χ4v) is 2.12. The second-order valence-electron chi connectivity index (χ2n) is 4.27. The fourth-order valence-electron chi connectivity index (χ4n) is 1.73. The predicted octanol–water partition coefficient (Wildman–Crippen LogP) is 3.43. The zero-order chi connectivity index (χ0) is 15.4. The number of nitrogens with zero attached hydrogens (tertiary/aromatic N) is 1. The van der Waals surface area contributed by atoms with E-state index in [1.54, 1.807) is 6.07 Å². The lowest BCUT2D eigenvalue weighted by Crippen LogP contribution is -2.14. The third-order valence-corrected chi connectivity index (χ3v) is 3.55. The van der Waals surface area contributed by atoms with Crippen molar-refractivity contribution < 1.29 is 14.0 Å². The average Bonchev–Trinajstić information content (AvgIpc) is 2.48. The lowest BCUT2D eigenvalue weighted by Gasteiger charge is -2.10. The molecule has 0 atom stereocenters. The summed E-state index contributed by atoms with van der Waals surface area (Å²) in [7, 11) is 0. The third-order valence-electron chi connectivity index (χ3n) is 2.85. The Labute approximate surface area is 128 Å². The molecule has 2 aromatic carbocycles. The van der Waals surface area contributed by atoms with Crippen molar-refractivity contribution in [3.05, 3.63) is 63.6 Å². The summed E-state index contributed by atoms with van der Waals surface area (Å²) >= 11 is 3.28. The molecule has 110 valence electrons. The lowest BCUT2D eigenvalue weighted by atomic mass is 10.1. The molecular formula is C14H12BrF2N3O.